The molecule has 0 saturated heterocycles. The fraction of sp³-hybridized carbons (Fsp3) is 0.500. The average Bonchev–Trinajstić information content (AvgIpc) is 2.18. The highest BCUT2D eigenvalue weighted by molar-refractivity contribution is 5.13. The van der Waals surface area contributed by atoms with E-state index in [1.165, 1.54) is 0 Å². The summed E-state index contributed by atoms with van der Waals surface area (Å²) in [5, 5.41) is 9.53. The number of nitrogens with zero attached hydrogens (tertiary/aromatic N) is 1. The number of rotatable bonds is 6. The van der Waals surface area contributed by atoms with Crippen molar-refractivity contribution in [1.82, 2.24) is 4.90 Å². The second kappa shape index (κ2) is 6.56. The molecule has 0 radical (unpaired) electrons. The number of aliphatic hydroxyl groups is 1. The molecule has 3 heteroatoms. The van der Waals surface area contributed by atoms with Gasteiger partial charge in [-0.3, -0.25) is 0 Å². The molecule has 0 aliphatic rings. The van der Waals surface area contributed by atoms with Gasteiger partial charge in [0.05, 0.1) is 19.3 Å². The Labute approximate surface area is 91.3 Å². The maximum atomic E-state index is 9.53. The third kappa shape index (κ3) is 5.52. The zero-order valence-electron chi connectivity index (χ0n) is 9.39. The summed E-state index contributed by atoms with van der Waals surface area (Å²) < 4.78 is 5.41. The Bertz CT molecular complexity index is 262. The highest BCUT2D eigenvalue weighted by Gasteiger charge is 2.05. The third-order valence-electron chi connectivity index (χ3n) is 2.00. The van der Waals surface area contributed by atoms with E-state index in [-0.39, 0.29) is 0 Å². The quantitative estimate of drug-likeness (QED) is 0.762. The summed E-state index contributed by atoms with van der Waals surface area (Å²) in [6, 6.07) is 9.96. The molecule has 1 unspecified atom stereocenters. The lowest BCUT2D eigenvalue weighted by Gasteiger charge is -2.15. The van der Waals surface area contributed by atoms with E-state index >= 15 is 0 Å². The van der Waals surface area contributed by atoms with Gasteiger partial charge < -0.3 is 14.7 Å². The summed E-state index contributed by atoms with van der Waals surface area (Å²) >= 11 is 0. The van der Waals surface area contributed by atoms with Gasteiger partial charge in [-0.1, -0.05) is 30.3 Å². The van der Waals surface area contributed by atoms with Gasteiger partial charge in [0.1, 0.15) is 0 Å². The first-order chi connectivity index (χ1) is 7.18. The van der Waals surface area contributed by atoms with E-state index in [4.69, 9.17) is 4.74 Å². The molecule has 0 aliphatic carbocycles. The minimum atomic E-state index is -0.413. The van der Waals surface area contributed by atoms with Crippen LogP contribution in [0.5, 0.6) is 0 Å². The summed E-state index contributed by atoms with van der Waals surface area (Å²) in [7, 11) is 3.86. The van der Waals surface area contributed by atoms with Crippen LogP contribution in [-0.4, -0.2) is 43.4 Å². The Hall–Kier alpha value is -0.900. The molecule has 3 nitrogen and oxygen atoms in total. The minimum Gasteiger partial charge on any atom is -0.389 e. The average molecular weight is 209 g/mol. The topological polar surface area (TPSA) is 32.7 Å². The minimum absolute atomic E-state index is 0.382. The first-order valence-electron chi connectivity index (χ1n) is 5.13. The summed E-state index contributed by atoms with van der Waals surface area (Å²) in [5.74, 6) is 0. The maximum absolute atomic E-state index is 9.53. The molecule has 1 atom stereocenters. The van der Waals surface area contributed by atoms with E-state index in [1.807, 2.05) is 49.3 Å². The smallest absolute Gasteiger partial charge is 0.0900 e. The molecule has 0 saturated carbocycles. The molecular formula is C12H19NO2. The molecule has 15 heavy (non-hydrogen) atoms. The van der Waals surface area contributed by atoms with Gasteiger partial charge in [-0.05, 0) is 19.7 Å². The van der Waals surface area contributed by atoms with E-state index < -0.39 is 6.10 Å². The van der Waals surface area contributed by atoms with Gasteiger partial charge in [-0.25, -0.2) is 0 Å². The normalized spacial score (nSPS) is 13.1. The molecule has 0 fully saturated rings. The van der Waals surface area contributed by atoms with Crippen LogP contribution in [0, 0.1) is 0 Å². The van der Waals surface area contributed by atoms with Crippen molar-refractivity contribution in [3.05, 3.63) is 35.9 Å². The predicted octanol–water partition coefficient (Wildman–Crippen LogP) is 1.13. The molecule has 84 valence electrons. The molecule has 0 spiro atoms. The standard InChI is InChI=1S/C12H19NO2/c1-13(2)8-12(14)10-15-9-11-6-4-3-5-7-11/h3-7,12,14H,8-10H2,1-2H3. The van der Waals surface area contributed by atoms with Crippen LogP contribution in [0.15, 0.2) is 30.3 Å². The van der Waals surface area contributed by atoms with Crippen molar-refractivity contribution in [3.63, 3.8) is 0 Å². The molecule has 1 aromatic carbocycles. The molecule has 1 aromatic rings. The Balaban J connectivity index is 2.16. The lowest BCUT2D eigenvalue weighted by molar-refractivity contribution is 0.0169. The molecule has 1 N–H and O–H groups in total. The Morgan fingerprint density at radius 1 is 1.27 bits per heavy atom. The summed E-state index contributed by atoms with van der Waals surface area (Å²) in [4.78, 5) is 1.94. The zero-order chi connectivity index (χ0) is 11.1. The van der Waals surface area contributed by atoms with Crippen LogP contribution in [-0.2, 0) is 11.3 Å². The fourth-order valence-electron chi connectivity index (χ4n) is 1.36. The van der Waals surface area contributed by atoms with Gasteiger partial charge in [0, 0.05) is 6.54 Å². The lowest BCUT2D eigenvalue weighted by Crippen LogP contribution is -2.29. The van der Waals surface area contributed by atoms with Crippen LogP contribution < -0.4 is 0 Å². The van der Waals surface area contributed by atoms with Crippen molar-refractivity contribution in [2.24, 2.45) is 0 Å². The van der Waals surface area contributed by atoms with E-state index in [0.717, 1.165) is 5.56 Å². The van der Waals surface area contributed by atoms with Gasteiger partial charge in [-0.15, -0.1) is 0 Å². The number of hydrogen-bond acceptors (Lipinski definition) is 3. The van der Waals surface area contributed by atoms with Crippen LogP contribution in [0.2, 0.25) is 0 Å². The van der Waals surface area contributed by atoms with Crippen molar-refractivity contribution in [3.8, 4) is 0 Å². The zero-order valence-corrected chi connectivity index (χ0v) is 9.39. The molecule has 0 amide bonds. The number of likely N-dealkylation sites (N-methyl/N-ethyl adjacent to an activating group) is 1. The summed E-state index contributed by atoms with van der Waals surface area (Å²) in [5.41, 5.74) is 1.13. The van der Waals surface area contributed by atoms with E-state index in [1.54, 1.807) is 0 Å². The van der Waals surface area contributed by atoms with E-state index in [2.05, 4.69) is 0 Å². The van der Waals surface area contributed by atoms with Crippen LogP contribution in [0.4, 0.5) is 0 Å². The summed E-state index contributed by atoms with van der Waals surface area (Å²) in [6.45, 7) is 1.58. The Kier molecular flexibility index (Phi) is 5.32. The van der Waals surface area contributed by atoms with Crippen molar-refractivity contribution in [2.75, 3.05) is 27.2 Å². The van der Waals surface area contributed by atoms with E-state index in [9.17, 15) is 5.11 Å². The van der Waals surface area contributed by atoms with Crippen LogP contribution in [0.3, 0.4) is 0 Å². The Morgan fingerprint density at radius 2 is 1.93 bits per heavy atom. The number of hydrogen-bond donors (Lipinski definition) is 1. The fourth-order valence-corrected chi connectivity index (χ4v) is 1.36. The van der Waals surface area contributed by atoms with Crippen LogP contribution in [0.25, 0.3) is 0 Å². The highest BCUT2D eigenvalue weighted by atomic mass is 16.5. The van der Waals surface area contributed by atoms with E-state index in [0.29, 0.717) is 19.8 Å². The Morgan fingerprint density at radius 3 is 2.53 bits per heavy atom. The molecule has 0 bridgehead atoms. The van der Waals surface area contributed by atoms with Crippen LogP contribution in [0.1, 0.15) is 5.56 Å². The van der Waals surface area contributed by atoms with Crippen molar-refractivity contribution < 1.29 is 9.84 Å². The summed E-state index contributed by atoms with van der Waals surface area (Å²) in [6.07, 6.45) is -0.413. The first kappa shape index (κ1) is 12.2. The molecular weight excluding hydrogens is 190 g/mol. The van der Waals surface area contributed by atoms with Gasteiger partial charge in [-0.2, -0.15) is 0 Å². The van der Waals surface area contributed by atoms with Gasteiger partial charge in [0.2, 0.25) is 0 Å². The second-order valence-electron chi connectivity index (χ2n) is 3.92. The first-order valence-corrected chi connectivity index (χ1v) is 5.13. The van der Waals surface area contributed by atoms with Crippen molar-refractivity contribution >= 4 is 0 Å². The third-order valence-corrected chi connectivity index (χ3v) is 2.00. The maximum Gasteiger partial charge on any atom is 0.0900 e. The van der Waals surface area contributed by atoms with Crippen molar-refractivity contribution in [1.29, 1.82) is 0 Å². The number of ether oxygens (including phenoxy) is 1. The van der Waals surface area contributed by atoms with Gasteiger partial charge in [0.15, 0.2) is 0 Å². The van der Waals surface area contributed by atoms with Crippen molar-refractivity contribution in [2.45, 2.75) is 12.7 Å². The monoisotopic (exact) mass is 209 g/mol. The predicted molar refractivity (Wildman–Crippen MR) is 60.7 cm³/mol. The SMILES string of the molecule is CN(C)CC(O)COCc1ccccc1. The molecule has 0 aromatic heterocycles. The number of aliphatic hydroxyl groups excluding tert-OH is 1. The van der Waals surface area contributed by atoms with Gasteiger partial charge in [0.25, 0.3) is 0 Å². The molecule has 1 rings (SSSR count). The molecule has 0 heterocycles. The second-order valence-corrected chi connectivity index (χ2v) is 3.92. The van der Waals surface area contributed by atoms with Crippen LogP contribution >= 0.6 is 0 Å². The lowest BCUT2D eigenvalue weighted by atomic mass is 10.2. The van der Waals surface area contributed by atoms with Gasteiger partial charge >= 0.3 is 0 Å². The largest absolute Gasteiger partial charge is 0.389 e. The molecule has 0 aliphatic heterocycles. The number of benzene rings is 1. The highest BCUT2D eigenvalue weighted by Crippen LogP contribution is 2.01.